The van der Waals surface area contributed by atoms with E-state index in [-0.39, 0.29) is 17.7 Å². The number of unbranched alkanes of at least 4 members (excludes halogenated alkanes) is 1. The molecular weight excluding hydrogens is 402 g/mol. The highest BCUT2D eigenvalue weighted by Gasteiger charge is 2.34. The van der Waals surface area contributed by atoms with Crippen molar-refractivity contribution in [3.05, 3.63) is 64.7 Å². The van der Waals surface area contributed by atoms with Crippen LogP contribution in [-0.4, -0.2) is 41.8 Å². The predicted octanol–water partition coefficient (Wildman–Crippen LogP) is 4.11. The van der Waals surface area contributed by atoms with Gasteiger partial charge in [0.15, 0.2) is 0 Å². The Labute approximate surface area is 181 Å². The molecule has 1 aliphatic heterocycles. The first-order valence-corrected chi connectivity index (χ1v) is 10.6. The van der Waals surface area contributed by atoms with E-state index in [1.807, 2.05) is 0 Å². The van der Waals surface area contributed by atoms with E-state index in [2.05, 4.69) is 17.6 Å². The van der Waals surface area contributed by atoms with E-state index in [1.165, 1.54) is 0 Å². The predicted molar refractivity (Wildman–Crippen MR) is 118 cm³/mol. The third-order valence-corrected chi connectivity index (χ3v) is 5.36. The van der Waals surface area contributed by atoms with Gasteiger partial charge in [-0.25, -0.2) is 0 Å². The van der Waals surface area contributed by atoms with Crippen molar-refractivity contribution in [2.24, 2.45) is 0 Å². The Morgan fingerprint density at radius 1 is 1.10 bits per heavy atom. The monoisotopic (exact) mass is 427 g/mol. The highest BCUT2D eigenvalue weighted by molar-refractivity contribution is 6.31. The van der Waals surface area contributed by atoms with Crippen LogP contribution in [0.15, 0.2) is 48.5 Å². The zero-order chi connectivity index (χ0) is 21.5. The molecule has 6 nitrogen and oxygen atoms in total. The van der Waals surface area contributed by atoms with Gasteiger partial charge in [-0.2, -0.15) is 0 Å². The molecule has 2 aromatic rings. The number of anilines is 1. The number of carbonyl (C=O) groups excluding carboxylic acids is 3. The van der Waals surface area contributed by atoms with Gasteiger partial charge in [-0.3, -0.25) is 14.4 Å². The van der Waals surface area contributed by atoms with Crippen LogP contribution in [0.25, 0.3) is 0 Å². The molecule has 1 atom stereocenters. The van der Waals surface area contributed by atoms with Crippen molar-refractivity contribution in [1.29, 1.82) is 0 Å². The van der Waals surface area contributed by atoms with Crippen molar-refractivity contribution in [2.75, 3.05) is 18.4 Å². The first-order valence-electron chi connectivity index (χ1n) is 10.2. The van der Waals surface area contributed by atoms with Crippen LogP contribution in [0.5, 0.6) is 0 Å². The topological polar surface area (TPSA) is 78.5 Å². The third-order valence-electron chi connectivity index (χ3n) is 5.12. The van der Waals surface area contributed by atoms with E-state index in [4.69, 9.17) is 11.6 Å². The second-order valence-electron chi connectivity index (χ2n) is 7.34. The van der Waals surface area contributed by atoms with Gasteiger partial charge in [-0.15, -0.1) is 0 Å². The Morgan fingerprint density at radius 2 is 1.87 bits per heavy atom. The Hall–Kier alpha value is -2.86. The normalized spacial score (nSPS) is 15.7. The summed E-state index contributed by atoms with van der Waals surface area (Å²) in [5.41, 5.74) is 1.52. The summed E-state index contributed by atoms with van der Waals surface area (Å²) < 4.78 is 0. The maximum absolute atomic E-state index is 12.9. The van der Waals surface area contributed by atoms with Gasteiger partial charge in [-0.05, 0) is 61.7 Å². The number of hydrogen-bond donors (Lipinski definition) is 2. The van der Waals surface area contributed by atoms with Crippen molar-refractivity contribution >= 4 is 35.0 Å². The summed E-state index contributed by atoms with van der Waals surface area (Å²) in [4.78, 5) is 39.3. The van der Waals surface area contributed by atoms with Gasteiger partial charge in [0.05, 0.1) is 0 Å². The number of amides is 3. The standard InChI is InChI=1S/C23H26ClN3O3/c1-2-3-13-25-22(29)20-8-5-14-27(20)23(30)16-9-11-19(12-10-16)26-21(28)17-6-4-7-18(24)15-17/h4,6-7,9-12,15,20H,2-3,5,8,13-14H2,1H3,(H,25,29)(H,26,28). The minimum atomic E-state index is -0.420. The molecule has 158 valence electrons. The van der Waals surface area contributed by atoms with Crippen molar-refractivity contribution in [3.63, 3.8) is 0 Å². The molecule has 0 saturated carbocycles. The van der Waals surface area contributed by atoms with E-state index >= 15 is 0 Å². The number of halogens is 1. The molecule has 7 heteroatoms. The fraction of sp³-hybridized carbons (Fsp3) is 0.348. The summed E-state index contributed by atoms with van der Waals surface area (Å²) in [5, 5.41) is 6.20. The largest absolute Gasteiger partial charge is 0.354 e. The Morgan fingerprint density at radius 3 is 2.57 bits per heavy atom. The maximum atomic E-state index is 12.9. The van der Waals surface area contributed by atoms with Crippen LogP contribution in [0.1, 0.15) is 53.3 Å². The first kappa shape index (κ1) is 21.8. The van der Waals surface area contributed by atoms with Crippen molar-refractivity contribution in [2.45, 2.75) is 38.6 Å². The van der Waals surface area contributed by atoms with E-state index in [1.54, 1.807) is 53.4 Å². The molecule has 0 radical (unpaired) electrons. The molecule has 1 fully saturated rings. The van der Waals surface area contributed by atoms with Gasteiger partial charge >= 0.3 is 0 Å². The molecule has 1 unspecified atom stereocenters. The molecule has 30 heavy (non-hydrogen) atoms. The molecule has 1 heterocycles. The van der Waals surface area contributed by atoms with Gasteiger partial charge < -0.3 is 15.5 Å². The van der Waals surface area contributed by atoms with Gasteiger partial charge in [0.2, 0.25) is 5.91 Å². The quantitative estimate of drug-likeness (QED) is 0.652. The first-order chi connectivity index (χ1) is 14.5. The zero-order valence-electron chi connectivity index (χ0n) is 17.0. The van der Waals surface area contributed by atoms with E-state index < -0.39 is 6.04 Å². The number of carbonyl (C=O) groups is 3. The summed E-state index contributed by atoms with van der Waals surface area (Å²) >= 11 is 5.93. The van der Waals surface area contributed by atoms with Crippen LogP contribution in [0, 0.1) is 0 Å². The third kappa shape index (κ3) is 5.39. The molecule has 2 N–H and O–H groups in total. The molecule has 1 aliphatic rings. The van der Waals surface area contributed by atoms with Crippen molar-refractivity contribution in [1.82, 2.24) is 10.2 Å². The number of benzene rings is 2. The van der Waals surface area contributed by atoms with Crippen LogP contribution < -0.4 is 10.6 Å². The Balaban J connectivity index is 1.63. The van der Waals surface area contributed by atoms with Crippen molar-refractivity contribution in [3.8, 4) is 0 Å². The lowest BCUT2D eigenvalue weighted by molar-refractivity contribution is -0.124. The number of nitrogens with one attached hydrogen (secondary N) is 2. The van der Waals surface area contributed by atoms with E-state index in [9.17, 15) is 14.4 Å². The molecule has 2 aromatic carbocycles. The van der Waals surface area contributed by atoms with Gasteiger partial charge in [0.25, 0.3) is 11.8 Å². The van der Waals surface area contributed by atoms with Crippen LogP contribution in [-0.2, 0) is 4.79 Å². The lowest BCUT2D eigenvalue weighted by Gasteiger charge is -2.24. The van der Waals surface area contributed by atoms with Gasteiger partial charge in [-0.1, -0.05) is 31.0 Å². The molecule has 3 amide bonds. The minimum Gasteiger partial charge on any atom is -0.354 e. The summed E-state index contributed by atoms with van der Waals surface area (Å²) in [5.74, 6) is -0.532. The molecule has 0 bridgehead atoms. The Bertz CT molecular complexity index is 914. The van der Waals surface area contributed by atoms with Gasteiger partial charge in [0.1, 0.15) is 6.04 Å². The fourth-order valence-electron chi connectivity index (χ4n) is 3.48. The number of likely N-dealkylation sites (tertiary alicyclic amines) is 1. The molecule has 0 aliphatic carbocycles. The summed E-state index contributed by atoms with van der Waals surface area (Å²) in [7, 11) is 0. The molecule has 1 saturated heterocycles. The molecule has 3 rings (SSSR count). The molecule has 0 spiro atoms. The lowest BCUT2D eigenvalue weighted by atomic mass is 10.1. The average molecular weight is 428 g/mol. The fourth-order valence-corrected chi connectivity index (χ4v) is 3.67. The smallest absolute Gasteiger partial charge is 0.255 e. The number of nitrogens with zero attached hydrogens (tertiary/aromatic N) is 1. The summed E-state index contributed by atoms with van der Waals surface area (Å²) in [6.07, 6.45) is 3.42. The van der Waals surface area contributed by atoms with Crippen LogP contribution in [0.4, 0.5) is 5.69 Å². The second kappa shape index (κ2) is 10.3. The van der Waals surface area contributed by atoms with Crippen LogP contribution in [0.2, 0.25) is 5.02 Å². The molecule has 0 aromatic heterocycles. The van der Waals surface area contributed by atoms with E-state index in [0.717, 1.165) is 19.3 Å². The highest BCUT2D eigenvalue weighted by Crippen LogP contribution is 2.22. The van der Waals surface area contributed by atoms with Crippen molar-refractivity contribution < 1.29 is 14.4 Å². The summed E-state index contributed by atoms with van der Waals surface area (Å²) in [6, 6.07) is 13.0. The maximum Gasteiger partial charge on any atom is 0.255 e. The van der Waals surface area contributed by atoms with Gasteiger partial charge in [0, 0.05) is 34.9 Å². The second-order valence-corrected chi connectivity index (χ2v) is 7.78. The Kier molecular flexibility index (Phi) is 7.46. The number of rotatable bonds is 7. The summed E-state index contributed by atoms with van der Waals surface area (Å²) in [6.45, 7) is 3.27. The minimum absolute atomic E-state index is 0.0836. The zero-order valence-corrected chi connectivity index (χ0v) is 17.7. The van der Waals surface area contributed by atoms with Crippen LogP contribution >= 0.6 is 11.6 Å². The van der Waals surface area contributed by atoms with Crippen LogP contribution in [0.3, 0.4) is 0 Å². The average Bonchev–Trinajstić information content (AvgIpc) is 3.24. The van der Waals surface area contributed by atoms with E-state index in [0.29, 0.717) is 41.3 Å². The SMILES string of the molecule is CCCCNC(=O)C1CCCN1C(=O)c1ccc(NC(=O)c2cccc(Cl)c2)cc1. The molecular formula is C23H26ClN3O3. The lowest BCUT2D eigenvalue weighted by Crippen LogP contribution is -2.46. The highest BCUT2D eigenvalue weighted by atomic mass is 35.5. The number of hydrogen-bond acceptors (Lipinski definition) is 3.